The fourth-order valence-electron chi connectivity index (χ4n) is 7.52. The van der Waals surface area contributed by atoms with Gasteiger partial charge in [-0.25, -0.2) is 0 Å². The van der Waals surface area contributed by atoms with Crippen LogP contribution in [0.15, 0.2) is 31.8 Å². The highest BCUT2D eigenvalue weighted by atomic mass is 79.9. The number of carbonyl (C=O) groups excluding carboxylic acids is 2. The smallest absolute Gasteiger partial charge is 0.233 e. The number of aromatic nitrogens is 2. The number of carbonyl (C=O) groups is 2. The highest BCUT2D eigenvalue weighted by molar-refractivity contribution is 9.11. The van der Waals surface area contributed by atoms with Crippen LogP contribution in [0.2, 0.25) is 0 Å². The molecule has 0 N–H and O–H groups in total. The van der Waals surface area contributed by atoms with Crippen LogP contribution < -0.4 is 0 Å². The maximum Gasteiger partial charge on any atom is 0.233 e. The maximum atomic E-state index is 14.1. The molecule has 3 unspecified atom stereocenters. The average Bonchev–Trinajstić information content (AvgIpc) is 3.76. The summed E-state index contributed by atoms with van der Waals surface area (Å²) in [7, 11) is 0. The molecule has 5 rings (SSSR count). The SMILES string of the molecule is CCCCCCCCCCC(CCCCCCCC)CN1C(=O)C2Cc3c(-c4ccc(Br)s4)nnc(-c4ccc(Br)s4)c3CC2C1=O. The third-order valence-corrected chi connectivity index (χ3v) is 13.4. The van der Waals surface area contributed by atoms with Crippen LogP contribution in [-0.2, 0) is 22.4 Å². The zero-order chi connectivity index (χ0) is 33.2. The molecule has 1 aliphatic carbocycles. The number of hydrogen-bond donors (Lipinski definition) is 0. The van der Waals surface area contributed by atoms with Gasteiger partial charge in [0.1, 0.15) is 11.4 Å². The first-order valence-electron chi connectivity index (χ1n) is 18.2. The van der Waals surface area contributed by atoms with Crippen molar-refractivity contribution < 1.29 is 9.59 Å². The second kappa shape index (κ2) is 18.5. The zero-order valence-electron chi connectivity index (χ0n) is 28.2. The Morgan fingerprint density at radius 1 is 0.660 bits per heavy atom. The Morgan fingerprint density at radius 2 is 1.06 bits per heavy atom. The molecule has 1 aliphatic heterocycles. The van der Waals surface area contributed by atoms with Gasteiger partial charge in [-0.2, -0.15) is 0 Å². The fraction of sp³-hybridized carbons (Fsp3) is 0.632. The highest BCUT2D eigenvalue weighted by Crippen LogP contribution is 2.46. The van der Waals surface area contributed by atoms with Crippen LogP contribution in [0.3, 0.4) is 0 Å². The van der Waals surface area contributed by atoms with Gasteiger partial charge in [0.25, 0.3) is 0 Å². The third kappa shape index (κ3) is 9.64. The van der Waals surface area contributed by atoms with Crippen molar-refractivity contribution in [3.63, 3.8) is 0 Å². The minimum Gasteiger partial charge on any atom is -0.282 e. The van der Waals surface area contributed by atoms with E-state index in [0.717, 1.165) is 52.7 Å². The van der Waals surface area contributed by atoms with Gasteiger partial charge in [0.2, 0.25) is 11.8 Å². The fourth-order valence-corrected chi connectivity index (χ4v) is 10.3. The summed E-state index contributed by atoms with van der Waals surface area (Å²) < 4.78 is 2.07. The molecular weight excluding hydrogens is 754 g/mol. The number of halogens is 2. The number of rotatable bonds is 20. The van der Waals surface area contributed by atoms with Gasteiger partial charge in [0, 0.05) is 6.54 Å². The Labute approximate surface area is 307 Å². The van der Waals surface area contributed by atoms with Gasteiger partial charge in [-0.05, 0) is 98.9 Å². The van der Waals surface area contributed by atoms with Crippen LogP contribution in [0.5, 0.6) is 0 Å². The summed E-state index contributed by atoms with van der Waals surface area (Å²) in [5, 5.41) is 9.48. The van der Waals surface area contributed by atoms with Crippen molar-refractivity contribution in [3.05, 3.63) is 43.0 Å². The largest absolute Gasteiger partial charge is 0.282 e. The first kappa shape index (κ1) is 36.9. The van der Waals surface area contributed by atoms with Crippen LogP contribution in [0.4, 0.5) is 0 Å². The van der Waals surface area contributed by atoms with Crippen LogP contribution in [0.1, 0.15) is 128 Å². The quantitative estimate of drug-likeness (QED) is 0.0843. The molecule has 0 aromatic carbocycles. The van der Waals surface area contributed by atoms with E-state index in [-0.39, 0.29) is 23.7 Å². The normalized spacial score (nSPS) is 18.2. The highest BCUT2D eigenvalue weighted by Gasteiger charge is 2.51. The third-order valence-electron chi connectivity index (χ3n) is 10.2. The number of fused-ring (bicyclic) bond motifs is 2. The van der Waals surface area contributed by atoms with E-state index in [1.165, 1.54) is 89.9 Å². The summed E-state index contributed by atoms with van der Waals surface area (Å²) in [5.41, 5.74) is 3.87. The Kier molecular flexibility index (Phi) is 14.5. The molecule has 4 heterocycles. The van der Waals surface area contributed by atoms with Crippen molar-refractivity contribution in [2.45, 2.75) is 129 Å². The molecule has 0 saturated carbocycles. The van der Waals surface area contributed by atoms with E-state index >= 15 is 0 Å². The van der Waals surface area contributed by atoms with Crippen LogP contribution in [0, 0.1) is 17.8 Å². The number of nitrogens with zero attached hydrogens (tertiary/aromatic N) is 3. The van der Waals surface area contributed by atoms with Gasteiger partial charge in [-0.15, -0.1) is 32.9 Å². The molecule has 47 heavy (non-hydrogen) atoms. The lowest BCUT2D eigenvalue weighted by Crippen LogP contribution is -2.36. The predicted octanol–water partition coefficient (Wildman–Crippen LogP) is 12.1. The van der Waals surface area contributed by atoms with E-state index in [1.807, 2.05) is 12.1 Å². The Hall–Kier alpha value is -1.42. The van der Waals surface area contributed by atoms with E-state index in [0.29, 0.717) is 25.3 Å². The zero-order valence-corrected chi connectivity index (χ0v) is 33.0. The number of thiophene rings is 2. The van der Waals surface area contributed by atoms with Gasteiger partial charge in [-0.3, -0.25) is 14.5 Å². The first-order chi connectivity index (χ1) is 22.9. The molecule has 1 saturated heterocycles. The molecule has 2 aliphatic rings. The number of likely N-dealkylation sites (tertiary alicyclic amines) is 1. The van der Waals surface area contributed by atoms with Crippen molar-refractivity contribution >= 4 is 66.3 Å². The van der Waals surface area contributed by atoms with Crippen molar-refractivity contribution in [2.24, 2.45) is 17.8 Å². The lowest BCUT2D eigenvalue weighted by atomic mass is 9.76. The number of amides is 2. The first-order valence-corrected chi connectivity index (χ1v) is 21.4. The van der Waals surface area contributed by atoms with Crippen molar-refractivity contribution in [1.29, 1.82) is 0 Å². The molecule has 9 heteroatoms. The summed E-state index contributed by atoms with van der Waals surface area (Å²) in [5.74, 6) is -0.183. The average molecular weight is 806 g/mol. The summed E-state index contributed by atoms with van der Waals surface area (Å²) >= 11 is 10.5. The van der Waals surface area contributed by atoms with E-state index in [2.05, 4.69) is 57.8 Å². The number of hydrogen-bond acceptors (Lipinski definition) is 6. The van der Waals surface area contributed by atoms with Crippen LogP contribution >= 0.6 is 54.5 Å². The monoisotopic (exact) mass is 803 g/mol. The van der Waals surface area contributed by atoms with E-state index < -0.39 is 0 Å². The summed E-state index contributed by atoms with van der Waals surface area (Å²) in [6.07, 6.45) is 21.3. The molecule has 3 atom stereocenters. The van der Waals surface area contributed by atoms with Crippen molar-refractivity contribution in [3.8, 4) is 21.1 Å². The van der Waals surface area contributed by atoms with E-state index in [1.54, 1.807) is 27.6 Å². The van der Waals surface area contributed by atoms with Gasteiger partial charge >= 0.3 is 0 Å². The van der Waals surface area contributed by atoms with Gasteiger partial charge in [-0.1, -0.05) is 104 Å². The molecule has 2 amide bonds. The topological polar surface area (TPSA) is 63.2 Å². The van der Waals surface area contributed by atoms with Crippen LogP contribution in [0.25, 0.3) is 21.1 Å². The maximum absolute atomic E-state index is 14.1. The molecule has 0 radical (unpaired) electrons. The molecule has 0 spiro atoms. The second-order valence-corrected chi connectivity index (χ2v) is 18.6. The Balaban J connectivity index is 1.30. The minimum atomic E-state index is -0.318. The number of unbranched alkanes of at least 4 members (excludes halogenated alkanes) is 12. The lowest BCUT2D eigenvalue weighted by Gasteiger charge is -2.26. The second-order valence-electron chi connectivity index (χ2n) is 13.7. The van der Waals surface area contributed by atoms with Gasteiger partial charge in [0.05, 0.1) is 29.2 Å². The van der Waals surface area contributed by atoms with Crippen LogP contribution in [-0.4, -0.2) is 33.5 Å². The molecule has 256 valence electrons. The molecule has 1 fully saturated rings. The summed E-state index contributed by atoms with van der Waals surface area (Å²) in [4.78, 5) is 32.0. The van der Waals surface area contributed by atoms with Crippen molar-refractivity contribution in [2.75, 3.05) is 6.54 Å². The summed E-state index contributed by atoms with van der Waals surface area (Å²) in [6.45, 7) is 5.11. The molecule has 0 bridgehead atoms. The van der Waals surface area contributed by atoms with Crippen molar-refractivity contribution in [1.82, 2.24) is 15.1 Å². The number of imide groups is 1. The molecule has 3 aromatic rings. The van der Waals surface area contributed by atoms with Gasteiger partial charge in [0.15, 0.2) is 0 Å². The Morgan fingerprint density at radius 3 is 1.45 bits per heavy atom. The molecule has 3 aromatic heterocycles. The van der Waals surface area contributed by atoms with E-state index in [9.17, 15) is 9.59 Å². The molecule has 5 nitrogen and oxygen atoms in total. The minimum absolute atomic E-state index is 0.0325. The standard InChI is InChI=1S/C38H51Br2N3O2S2/c1-3-5-7-9-11-12-14-16-18-26(17-15-13-10-8-6-4-2)25-43-37(44)29-23-27-28(24-30(29)38(43)45)36(32-20-22-34(40)47-32)42-41-35(27)31-19-21-33(39)46-31/h19-22,26,29-30H,3-18,23-25H2,1-2H3. The summed E-state index contributed by atoms with van der Waals surface area (Å²) in [6, 6.07) is 8.20. The lowest BCUT2D eigenvalue weighted by molar-refractivity contribution is -0.140. The molecular formula is C38H51Br2N3O2S2. The van der Waals surface area contributed by atoms with Gasteiger partial charge < -0.3 is 0 Å². The predicted molar refractivity (Wildman–Crippen MR) is 204 cm³/mol. The van der Waals surface area contributed by atoms with E-state index in [4.69, 9.17) is 10.2 Å². The Bertz CT molecular complexity index is 1380.